The van der Waals surface area contributed by atoms with Gasteiger partial charge in [-0.15, -0.1) is 0 Å². The molecule has 0 bridgehead atoms. The van der Waals surface area contributed by atoms with Crippen molar-refractivity contribution < 1.29 is 0 Å². The summed E-state index contributed by atoms with van der Waals surface area (Å²) in [6.07, 6.45) is 17.0. The molecule has 3 nitrogen and oxygen atoms in total. The van der Waals surface area contributed by atoms with Crippen molar-refractivity contribution in [3.8, 4) is 0 Å². The highest BCUT2D eigenvalue weighted by Crippen LogP contribution is 2.48. The minimum atomic E-state index is 0.169. The molecule has 5 aromatic carbocycles. The van der Waals surface area contributed by atoms with Crippen molar-refractivity contribution in [1.82, 2.24) is 0 Å². The minimum Gasteiger partial charge on any atom is -0.339 e. The minimum absolute atomic E-state index is 0.169. The molecular weight excluding hydrogens is 557 g/mol. The van der Waals surface area contributed by atoms with E-state index in [0.29, 0.717) is 0 Å². The molecule has 2 aliphatic carbocycles. The third-order valence-corrected chi connectivity index (χ3v) is 9.77. The van der Waals surface area contributed by atoms with Crippen molar-refractivity contribution in [1.29, 1.82) is 0 Å². The number of hydrogen-bond acceptors (Lipinski definition) is 3. The van der Waals surface area contributed by atoms with Crippen molar-refractivity contribution >= 4 is 57.5 Å². The number of nitrogens with zero attached hydrogens (tertiary/aromatic N) is 3. The first-order valence-corrected chi connectivity index (χ1v) is 16.4. The first-order valence-electron chi connectivity index (χ1n) is 16.4. The van der Waals surface area contributed by atoms with E-state index in [1.807, 2.05) is 0 Å². The van der Waals surface area contributed by atoms with Crippen molar-refractivity contribution in [2.24, 2.45) is 0 Å². The first kappa shape index (κ1) is 26.9. The molecule has 4 heteroatoms. The van der Waals surface area contributed by atoms with Crippen molar-refractivity contribution in [2.45, 2.75) is 25.3 Å². The number of fused-ring (bicyclic) bond motifs is 3. The number of anilines is 7. The fourth-order valence-corrected chi connectivity index (χ4v) is 7.89. The lowest BCUT2D eigenvalue weighted by atomic mass is 9.32. The molecule has 46 heavy (non-hydrogen) atoms. The molecule has 220 valence electrons. The summed E-state index contributed by atoms with van der Waals surface area (Å²) in [5, 5.41) is 0. The summed E-state index contributed by atoms with van der Waals surface area (Å²) in [7, 11) is 0. The molecule has 0 fully saturated rings. The van der Waals surface area contributed by atoms with Crippen LogP contribution in [0.1, 0.15) is 19.3 Å². The third-order valence-electron chi connectivity index (χ3n) is 9.77. The van der Waals surface area contributed by atoms with Crippen molar-refractivity contribution in [3.63, 3.8) is 0 Å². The maximum atomic E-state index is 2.68. The number of hydrogen-bond donors (Lipinski definition) is 0. The van der Waals surface area contributed by atoms with Gasteiger partial charge in [0, 0.05) is 39.8 Å². The van der Waals surface area contributed by atoms with E-state index in [1.54, 1.807) is 0 Å². The summed E-state index contributed by atoms with van der Waals surface area (Å²) >= 11 is 0. The lowest BCUT2D eigenvalue weighted by molar-refractivity contribution is 0.717. The summed E-state index contributed by atoms with van der Waals surface area (Å²) in [4.78, 5) is 7.59. The van der Waals surface area contributed by atoms with Crippen LogP contribution in [0.25, 0.3) is 0 Å². The summed E-state index contributed by atoms with van der Waals surface area (Å²) < 4.78 is 0. The molecule has 0 N–H and O–H groups in total. The van der Waals surface area contributed by atoms with E-state index in [2.05, 4.69) is 179 Å². The Morgan fingerprint density at radius 2 is 1.30 bits per heavy atom. The molecule has 2 aliphatic heterocycles. The van der Waals surface area contributed by atoms with Gasteiger partial charge in [-0.1, -0.05) is 109 Å². The van der Waals surface area contributed by atoms with E-state index < -0.39 is 0 Å². The molecule has 9 rings (SSSR count). The number of para-hydroxylation sites is 4. The monoisotopic (exact) mass is 591 g/mol. The first-order chi connectivity index (χ1) is 22.9. The van der Waals surface area contributed by atoms with E-state index in [1.165, 1.54) is 44.8 Å². The maximum Gasteiger partial charge on any atom is 0.251 e. The molecule has 4 aliphatic rings. The van der Waals surface area contributed by atoms with Crippen molar-refractivity contribution in [2.75, 3.05) is 14.7 Å². The van der Waals surface area contributed by atoms with Gasteiger partial charge in [0.25, 0.3) is 6.71 Å². The highest BCUT2D eigenvalue weighted by atomic mass is 15.2. The largest absolute Gasteiger partial charge is 0.339 e. The van der Waals surface area contributed by atoms with Gasteiger partial charge in [-0.3, -0.25) is 0 Å². The van der Waals surface area contributed by atoms with Gasteiger partial charge in [0.1, 0.15) is 0 Å². The van der Waals surface area contributed by atoms with Gasteiger partial charge in [-0.2, -0.15) is 0 Å². The standard InChI is InChI=1S/C42H34BN3/c1-5-17-31(18-6-1)44(32-19-7-2-8-20-32)35-29-40-42-41(30-35)46(34-23-11-4-12-24-34)39-28-16-14-26-37(39)43(42)36-25-13-15-27-38(36)45(40)33-21-9-3-10-22-33/h1-15,17-23,25-27,29-30,34H,16,24,28H2. The Morgan fingerprint density at radius 3 is 2.02 bits per heavy atom. The molecule has 0 spiro atoms. The van der Waals surface area contributed by atoms with Crippen LogP contribution in [0.3, 0.4) is 0 Å². The molecular formula is C42H34BN3. The number of benzene rings is 5. The van der Waals surface area contributed by atoms with Crippen LogP contribution < -0.4 is 25.6 Å². The molecule has 0 aromatic heterocycles. The van der Waals surface area contributed by atoms with Crippen molar-refractivity contribution in [3.05, 3.63) is 175 Å². The van der Waals surface area contributed by atoms with E-state index >= 15 is 0 Å². The quantitative estimate of drug-likeness (QED) is 0.189. The smallest absolute Gasteiger partial charge is 0.251 e. The predicted octanol–water partition coefficient (Wildman–Crippen LogP) is 9.40. The maximum absolute atomic E-state index is 2.68. The van der Waals surface area contributed by atoms with Gasteiger partial charge in [0.15, 0.2) is 0 Å². The zero-order chi connectivity index (χ0) is 30.5. The third kappa shape index (κ3) is 4.28. The van der Waals surface area contributed by atoms with E-state index in [-0.39, 0.29) is 12.8 Å². The van der Waals surface area contributed by atoms with Gasteiger partial charge >= 0.3 is 0 Å². The second-order valence-corrected chi connectivity index (χ2v) is 12.4. The zero-order valence-electron chi connectivity index (χ0n) is 25.7. The number of rotatable bonds is 5. The lowest BCUT2D eigenvalue weighted by Gasteiger charge is -2.48. The van der Waals surface area contributed by atoms with Gasteiger partial charge in [0.05, 0.1) is 11.7 Å². The molecule has 0 amide bonds. The van der Waals surface area contributed by atoms with Crippen LogP contribution in [0.2, 0.25) is 0 Å². The molecule has 2 heterocycles. The van der Waals surface area contributed by atoms with Gasteiger partial charge in [-0.05, 0) is 90.3 Å². The van der Waals surface area contributed by atoms with E-state index in [9.17, 15) is 0 Å². The Kier molecular flexibility index (Phi) is 6.52. The highest BCUT2D eigenvalue weighted by Gasteiger charge is 2.45. The molecule has 0 saturated heterocycles. The number of allylic oxidation sites excluding steroid dienone is 6. The fourth-order valence-electron chi connectivity index (χ4n) is 7.89. The Labute approximate surface area is 271 Å². The second kappa shape index (κ2) is 11.2. The summed E-state index contributed by atoms with van der Waals surface area (Å²) in [6, 6.07) is 46.7. The molecule has 1 unspecified atom stereocenters. The van der Waals surface area contributed by atoms with Crippen LogP contribution in [0.4, 0.5) is 39.8 Å². The van der Waals surface area contributed by atoms with E-state index in [0.717, 1.165) is 36.3 Å². The fraction of sp³-hybridized carbons (Fsp3) is 0.0952. The lowest BCUT2D eigenvalue weighted by Crippen LogP contribution is -2.58. The normalized spacial score (nSPS) is 17.5. The van der Waals surface area contributed by atoms with Crippen LogP contribution in [-0.4, -0.2) is 12.8 Å². The molecule has 0 saturated carbocycles. The topological polar surface area (TPSA) is 9.72 Å². The Hall–Kier alpha value is -5.48. The van der Waals surface area contributed by atoms with Gasteiger partial charge in [0.2, 0.25) is 0 Å². The summed E-state index contributed by atoms with van der Waals surface area (Å²) in [5.41, 5.74) is 14.1. The van der Waals surface area contributed by atoms with Crippen LogP contribution in [-0.2, 0) is 0 Å². The van der Waals surface area contributed by atoms with Crippen LogP contribution in [0.5, 0.6) is 0 Å². The van der Waals surface area contributed by atoms with Crippen LogP contribution in [0, 0.1) is 0 Å². The van der Waals surface area contributed by atoms with Crippen LogP contribution >= 0.6 is 0 Å². The average molecular weight is 592 g/mol. The zero-order valence-corrected chi connectivity index (χ0v) is 25.7. The Balaban J connectivity index is 1.38. The highest BCUT2D eigenvalue weighted by molar-refractivity contribution is 6.95. The average Bonchev–Trinajstić information content (AvgIpc) is 3.13. The summed E-state index contributed by atoms with van der Waals surface area (Å²) in [6.45, 7) is 0.169. The van der Waals surface area contributed by atoms with E-state index in [4.69, 9.17) is 0 Å². The molecule has 5 aromatic rings. The Morgan fingerprint density at radius 1 is 0.630 bits per heavy atom. The van der Waals surface area contributed by atoms with Gasteiger partial charge < -0.3 is 14.7 Å². The van der Waals surface area contributed by atoms with Gasteiger partial charge in [-0.25, -0.2) is 0 Å². The molecule has 0 radical (unpaired) electrons. The Bertz CT molecular complexity index is 2010. The van der Waals surface area contributed by atoms with Crippen LogP contribution in [0.15, 0.2) is 175 Å². The second-order valence-electron chi connectivity index (χ2n) is 12.4. The predicted molar refractivity (Wildman–Crippen MR) is 195 cm³/mol. The molecule has 1 atom stereocenters. The SMILES string of the molecule is C1=CCC(N2C3=C(C=CCC3)B3c4ccccc4N(c4ccccc4)c4cc(N(c5ccccc5)c5ccccc5)cc2c43)C=C1. The summed E-state index contributed by atoms with van der Waals surface area (Å²) in [5.74, 6) is 0.